The van der Waals surface area contributed by atoms with Gasteiger partial charge in [-0.05, 0) is 12.1 Å². The Morgan fingerprint density at radius 3 is 2.29 bits per heavy atom. The number of anilines is 1. The van der Waals surface area contributed by atoms with Crippen molar-refractivity contribution in [1.82, 2.24) is 5.32 Å². The molecule has 38 heavy (non-hydrogen) atoms. The molecule has 1 aliphatic heterocycles. The molecular weight excluding hydrogens is 501 g/mol. The minimum atomic E-state index is -2.10. The van der Waals surface area contributed by atoms with E-state index in [9.17, 15) is 24.8 Å². The highest BCUT2D eigenvalue weighted by molar-refractivity contribution is 5.97. The van der Waals surface area contributed by atoms with Gasteiger partial charge in [0, 0.05) is 54.2 Å². The quantitative estimate of drug-likeness (QED) is 0.335. The second-order valence-corrected chi connectivity index (χ2v) is 8.44. The standard InChI is InChI=1S/C26H24FN3O8/c1-29-22-9-8-15(30(34)35)10-20(22)26(28-14-23(29)31,19-6-4-5-7-21(19)27)24(25(32)33)38-18-12-16(36-2)11-17(13-18)37-3/h4-13,24,28H,14H2,1-3H3,(H,32,33)/t24-,26-/m1/s1. The first-order chi connectivity index (χ1) is 18.1. The summed E-state index contributed by atoms with van der Waals surface area (Å²) in [5.74, 6) is -2.23. The van der Waals surface area contributed by atoms with Crippen LogP contribution in [0.3, 0.4) is 0 Å². The highest BCUT2D eigenvalue weighted by atomic mass is 19.1. The molecule has 0 radical (unpaired) electrons. The van der Waals surface area contributed by atoms with Crippen molar-refractivity contribution in [3.8, 4) is 17.2 Å². The topological polar surface area (TPSA) is 140 Å². The number of nitro groups is 1. The fourth-order valence-electron chi connectivity index (χ4n) is 4.52. The van der Waals surface area contributed by atoms with Gasteiger partial charge in [-0.1, -0.05) is 18.2 Å². The second-order valence-electron chi connectivity index (χ2n) is 8.44. The van der Waals surface area contributed by atoms with Crippen LogP contribution in [0, 0.1) is 15.9 Å². The molecule has 2 atom stereocenters. The molecule has 11 nitrogen and oxygen atoms in total. The lowest BCUT2D eigenvalue weighted by atomic mass is 9.76. The molecule has 3 aromatic rings. The van der Waals surface area contributed by atoms with Crippen LogP contribution in [-0.4, -0.2) is 55.8 Å². The van der Waals surface area contributed by atoms with Gasteiger partial charge in [0.25, 0.3) is 5.69 Å². The molecular formula is C26H24FN3O8. The summed E-state index contributed by atoms with van der Waals surface area (Å²) in [5.41, 5.74) is -2.57. The van der Waals surface area contributed by atoms with Gasteiger partial charge in [0.05, 0.1) is 25.7 Å². The average Bonchev–Trinajstić information content (AvgIpc) is 3.02. The van der Waals surface area contributed by atoms with E-state index in [-0.39, 0.29) is 28.3 Å². The molecule has 0 aliphatic carbocycles. The number of nitro benzene ring substituents is 1. The summed E-state index contributed by atoms with van der Waals surface area (Å²) in [5, 5.41) is 25.1. The van der Waals surface area contributed by atoms with Crippen LogP contribution in [0.4, 0.5) is 15.8 Å². The van der Waals surface area contributed by atoms with E-state index in [0.717, 1.165) is 12.1 Å². The molecule has 0 saturated carbocycles. The Morgan fingerprint density at radius 1 is 1.08 bits per heavy atom. The van der Waals surface area contributed by atoms with Crippen LogP contribution in [0.2, 0.25) is 0 Å². The van der Waals surface area contributed by atoms with Crippen molar-refractivity contribution in [2.24, 2.45) is 0 Å². The van der Waals surface area contributed by atoms with Crippen molar-refractivity contribution in [1.29, 1.82) is 0 Å². The van der Waals surface area contributed by atoms with Crippen LogP contribution in [0.5, 0.6) is 17.2 Å². The van der Waals surface area contributed by atoms with Crippen molar-refractivity contribution in [2.75, 3.05) is 32.7 Å². The summed E-state index contributed by atoms with van der Waals surface area (Å²) < 4.78 is 32.0. The zero-order valence-electron chi connectivity index (χ0n) is 20.6. The third-order valence-corrected chi connectivity index (χ3v) is 6.36. The smallest absolute Gasteiger partial charge is 0.347 e. The summed E-state index contributed by atoms with van der Waals surface area (Å²) in [4.78, 5) is 38.1. The van der Waals surface area contributed by atoms with Crippen LogP contribution in [0.15, 0.2) is 60.7 Å². The van der Waals surface area contributed by atoms with Crippen LogP contribution in [-0.2, 0) is 15.1 Å². The number of carbonyl (C=O) groups excluding carboxylic acids is 1. The Hall–Kier alpha value is -4.71. The molecule has 0 unspecified atom stereocenters. The van der Waals surface area contributed by atoms with Gasteiger partial charge in [-0.25, -0.2) is 9.18 Å². The molecule has 2 N–H and O–H groups in total. The number of amides is 1. The highest BCUT2D eigenvalue weighted by Gasteiger charge is 2.53. The number of methoxy groups -OCH3 is 2. The molecule has 0 bridgehead atoms. The molecule has 1 amide bonds. The van der Waals surface area contributed by atoms with E-state index >= 15 is 4.39 Å². The number of hydrogen-bond donors (Lipinski definition) is 2. The van der Waals surface area contributed by atoms with Gasteiger partial charge in [0.2, 0.25) is 12.0 Å². The van der Waals surface area contributed by atoms with Crippen LogP contribution < -0.4 is 24.4 Å². The maximum absolute atomic E-state index is 15.5. The Morgan fingerprint density at radius 2 is 1.71 bits per heavy atom. The summed E-state index contributed by atoms with van der Waals surface area (Å²) >= 11 is 0. The van der Waals surface area contributed by atoms with Crippen LogP contribution >= 0.6 is 0 Å². The van der Waals surface area contributed by atoms with Crippen molar-refractivity contribution >= 4 is 23.3 Å². The van der Waals surface area contributed by atoms with Gasteiger partial charge in [0.1, 0.15) is 28.6 Å². The molecule has 198 valence electrons. The number of carbonyl (C=O) groups is 2. The number of aliphatic carboxylic acids is 1. The number of rotatable bonds is 8. The number of likely N-dealkylation sites (N-methyl/N-ethyl adjacent to an activating group) is 1. The zero-order valence-corrected chi connectivity index (χ0v) is 20.6. The lowest BCUT2D eigenvalue weighted by Gasteiger charge is -2.40. The largest absolute Gasteiger partial charge is 0.496 e. The Labute approximate surface area is 216 Å². The van der Waals surface area contributed by atoms with Crippen molar-refractivity contribution < 1.29 is 38.2 Å². The lowest BCUT2D eigenvalue weighted by Crippen LogP contribution is -2.59. The molecule has 4 rings (SSSR count). The molecule has 0 spiro atoms. The first kappa shape index (κ1) is 26.4. The van der Waals surface area contributed by atoms with E-state index in [1.165, 1.54) is 68.6 Å². The normalized spacial score (nSPS) is 17.7. The van der Waals surface area contributed by atoms with Crippen molar-refractivity contribution in [3.05, 3.63) is 87.7 Å². The van der Waals surface area contributed by atoms with E-state index in [1.54, 1.807) is 6.07 Å². The van der Waals surface area contributed by atoms with Gasteiger partial charge >= 0.3 is 5.97 Å². The SMILES string of the molecule is COc1cc(OC)cc(O[C@H](C(=O)O)[C@]2(c3ccccc3F)NCC(=O)N(C)c3ccc([N+](=O)[O-])cc32)c1. The van der Waals surface area contributed by atoms with Gasteiger partial charge in [-0.2, -0.15) is 0 Å². The minimum Gasteiger partial charge on any atom is -0.496 e. The van der Waals surface area contributed by atoms with Gasteiger partial charge < -0.3 is 24.2 Å². The zero-order chi connectivity index (χ0) is 27.6. The third-order valence-electron chi connectivity index (χ3n) is 6.36. The summed E-state index contributed by atoms with van der Waals surface area (Å²) in [7, 11) is 4.24. The summed E-state index contributed by atoms with van der Waals surface area (Å²) in [6, 6.07) is 13.4. The molecule has 1 aliphatic rings. The highest BCUT2D eigenvalue weighted by Crippen LogP contribution is 2.44. The summed E-state index contributed by atoms with van der Waals surface area (Å²) in [6.07, 6.45) is -1.93. The van der Waals surface area contributed by atoms with Gasteiger partial charge in [-0.15, -0.1) is 0 Å². The lowest BCUT2D eigenvalue weighted by molar-refractivity contribution is -0.385. The van der Waals surface area contributed by atoms with E-state index < -0.39 is 40.8 Å². The first-order valence-electron chi connectivity index (χ1n) is 11.3. The number of nitrogens with one attached hydrogen (secondary N) is 1. The number of hydrogen-bond acceptors (Lipinski definition) is 8. The Bertz CT molecular complexity index is 1390. The third kappa shape index (κ3) is 4.57. The number of halogens is 1. The predicted octanol–water partition coefficient (Wildman–Crippen LogP) is 3.09. The van der Waals surface area contributed by atoms with E-state index in [2.05, 4.69) is 5.32 Å². The molecule has 0 saturated heterocycles. The van der Waals surface area contributed by atoms with Crippen LogP contribution in [0.25, 0.3) is 0 Å². The monoisotopic (exact) mass is 525 g/mol. The van der Waals surface area contributed by atoms with Gasteiger partial charge in [-0.3, -0.25) is 20.2 Å². The number of nitrogens with zero attached hydrogens (tertiary/aromatic N) is 2. The Kier molecular flexibility index (Phi) is 7.17. The maximum Gasteiger partial charge on any atom is 0.347 e. The maximum atomic E-state index is 15.5. The molecule has 0 fully saturated rings. The Balaban J connectivity index is 2.07. The number of carboxylic acid groups (broad SMARTS) is 1. The van der Waals surface area contributed by atoms with E-state index in [1.807, 2.05) is 0 Å². The number of ether oxygens (including phenoxy) is 3. The number of carboxylic acids is 1. The predicted molar refractivity (Wildman–Crippen MR) is 133 cm³/mol. The fraction of sp³-hybridized carbons (Fsp3) is 0.231. The molecule has 12 heteroatoms. The van der Waals surface area contributed by atoms with E-state index in [4.69, 9.17) is 14.2 Å². The second kappa shape index (κ2) is 10.3. The molecule has 0 aromatic heterocycles. The van der Waals surface area contributed by atoms with E-state index in [0.29, 0.717) is 11.5 Å². The van der Waals surface area contributed by atoms with Crippen molar-refractivity contribution in [2.45, 2.75) is 11.6 Å². The number of benzene rings is 3. The molecule has 3 aromatic carbocycles. The first-order valence-corrected chi connectivity index (χ1v) is 11.3. The average molecular weight is 525 g/mol. The fourth-order valence-corrected chi connectivity index (χ4v) is 4.52. The number of fused-ring (bicyclic) bond motifs is 1. The minimum absolute atomic E-state index is 0.00187. The summed E-state index contributed by atoms with van der Waals surface area (Å²) in [6.45, 7) is -0.429. The molecule has 1 heterocycles. The van der Waals surface area contributed by atoms with Gasteiger partial charge in [0.15, 0.2) is 0 Å². The van der Waals surface area contributed by atoms with Crippen LogP contribution in [0.1, 0.15) is 11.1 Å². The number of non-ortho nitro benzene ring substituents is 1. The van der Waals surface area contributed by atoms with Crippen molar-refractivity contribution in [3.63, 3.8) is 0 Å².